The van der Waals surface area contributed by atoms with Gasteiger partial charge in [-0.1, -0.05) is 28.9 Å². The Kier molecular flexibility index (Phi) is 5.94. The average molecular weight is 434 g/mol. The number of nitrogens with one attached hydrogen (secondary N) is 1. The number of hydrogen-bond acceptors (Lipinski definition) is 5. The second kappa shape index (κ2) is 8.82. The molecule has 166 valence electrons. The van der Waals surface area contributed by atoms with Crippen molar-refractivity contribution in [1.82, 2.24) is 14.6 Å². The van der Waals surface area contributed by atoms with Crippen molar-refractivity contribution in [2.75, 3.05) is 11.9 Å². The van der Waals surface area contributed by atoms with Crippen molar-refractivity contribution in [3.8, 4) is 0 Å². The molecule has 1 fully saturated rings. The van der Waals surface area contributed by atoms with E-state index < -0.39 is 5.91 Å². The van der Waals surface area contributed by atoms with Crippen LogP contribution < -0.4 is 10.9 Å². The highest BCUT2D eigenvalue weighted by Gasteiger charge is 2.31. The Morgan fingerprint density at radius 3 is 2.72 bits per heavy atom. The van der Waals surface area contributed by atoms with Gasteiger partial charge in [-0.05, 0) is 50.8 Å². The van der Waals surface area contributed by atoms with Gasteiger partial charge in [0.25, 0.3) is 11.5 Å². The molecule has 1 saturated heterocycles. The molecule has 4 rings (SSSR count). The Morgan fingerprint density at radius 2 is 1.97 bits per heavy atom. The van der Waals surface area contributed by atoms with Gasteiger partial charge in [0.1, 0.15) is 12.3 Å². The fourth-order valence-electron chi connectivity index (χ4n) is 4.16. The minimum Gasteiger partial charge on any atom is -0.360 e. The number of carbonyl (C=O) groups is 2. The van der Waals surface area contributed by atoms with Crippen LogP contribution in [0, 0.1) is 20.8 Å². The molecule has 0 bridgehead atoms. The molecule has 0 aliphatic carbocycles. The Hall–Kier alpha value is -3.68. The number of aromatic nitrogens is 2. The maximum Gasteiger partial charge on any atom is 0.255 e. The van der Waals surface area contributed by atoms with E-state index in [2.05, 4.69) is 35.6 Å². The average Bonchev–Trinajstić information content (AvgIpc) is 3.40. The Bertz CT molecular complexity index is 1230. The van der Waals surface area contributed by atoms with E-state index >= 15 is 0 Å². The summed E-state index contributed by atoms with van der Waals surface area (Å²) in [5.41, 5.74) is 3.50. The number of amides is 2. The van der Waals surface area contributed by atoms with E-state index in [4.69, 9.17) is 4.52 Å². The summed E-state index contributed by atoms with van der Waals surface area (Å²) < 4.78 is 6.16. The zero-order chi connectivity index (χ0) is 22.8. The molecular formula is C24H26N4O4. The molecule has 2 amide bonds. The van der Waals surface area contributed by atoms with Crippen LogP contribution in [0.15, 0.2) is 51.9 Å². The van der Waals surface area contributed by atoms with Crippen molar-refractivity contribution in [3.05, 3.63) is 81.0 Å². The highest BCUT2D eigenvalue weighted by Crippen LogP contribution is 2.35. The highest BCUT2D eigenvalue weighted by molar-refractivity contribution is 5.94. The molecule has 1 aliphatic rings. The first kappa shape index (κ1) is 21.5. The van der Waals surface area contributed by atoms with Gasteiger partial charge in [-0.3, -0.25) is 14.4 Å². The van der Waals surface area contributed by atoms with E-state index in [1.165, 1.54) is 22.9 Å². The second-order valence-corrected chi connectivity index (χ2v) is 8.27. The van der Waals surface area contributed by atoms with Gasteiger partial charge in [-0.15, -0.1) is 0 Å². The van der Waals surface area contributed by atoms with Crippen molar-refractivity contribution in [1.29, 1.82) is 0 Å². The summed E-state index contributed by atoms with van der Waals surface area (Å²) in [6.45, 7) is 6.25. The molecule has 1 atom stereocenters. The molecule has 2 aromatic heterocycles. The smallest absolute Gasteiger partial charge is 0.255 e. The number of hydrogen-bond donors (Lipinski definition) is 1. The molecule has 32 heavy (non-hydrogen) atoms. The summed E-state index contributed by atoms with van der Waals surface area (Å²) in [6, 6.07) is 10.7. The summed E-state index contributed by atoms with van der Waals surface area (Å²) in [7, 11) is 0. The predicted octanol–water partition coefficient (Wildman–Crippen LogP) is 3.38. The van der Waals surface area contributed by atoms with Gasteiger partial charge in [0, 0.05) is 24.9 Å². The number of aryl methyl sites for hydroxylation is 3. The number of pyridine rings is 1. The van der Waals surface area contributed by atoms with Crippen molar-refractivity contribution in [2.45, 2.75) is 46.2 Å². The minimum atomic E-state index is -0.431. The number of benzene rings is 1. The number of rotatable bonds is 5. The zero-order valence-electron chi connectivity index (χ0n) is 18.4. The Morgan fingerprint density at radius 1 is 1.16 bits per heavy atom. The number of anilines is 1. The molecule has 0 saturated carbocycles. The zero-order valence-corrected chi connectivity index (χ0v) is 18.4. The normalized spacial score (nSPS) is 15.7. The highest BCUT2D eigenvalue weighted by atomic mass is 16.5. The van der Waals surface area contributed by atoms with Crippen LogP contribution in [-0.4, -0.2) is 33.0 Å². The summed E-state index contributed by atoms with van der Waals surface area (Å²) in [5, 5.41) is 6.30. The van der Waals surface area contributed by atoms with E-state index in [1.807, 2.05) is 11.8 Å². The third-order valence-corrected chi connectivity index (χ3v) is 5.75. The monoisotopic (exact) mass is 434 g/mol. The lowest BCUT2D eigenvalue weighted by Crippen LogP contribution is -2.33. The molecule has 0 unspecified atom stereocenters. The first-order chi connectivity index (χ1) is 15.3. The lowest BCUT2D eigenvalue weighted by molar-refractivity contribution is -0.116. The maximum atomic E-state index is 13.4. The van der Waals surface area contributed by atoms with Gasteiger partial charge in [0.2, 0.25) is 5.91 Å². The Balaban J connectivity index is 1.54. The first-order valence-electron chi connectivity index (χ1n) is 10.6. The lowest BCUT2D eigenvalue weighted by Gasteiger charge is -2.27. The van der Waals surface area contributed by atoms with Crippen LogP contribution in [0.4, 0.5) is 5.82 Å². The van der Waals surface area contributed by atoms with Crippen LogP contribution in [0.25, 0.3) is 0 Å². The van der Waals surface area contributed by atoms with E-state index in [0.717, 1.165) is 29.5 Å². The van der Waals surface area contributed by atoms with Crippen LogP contribution in [0.2, 0.25) is 0 Å². The molecule has 1 aliphatic heterocycles. The van der Waals surface area contributed by atoms with Gasteiger partial charge in [0.15, 0.2) is 5.82 Å². The van der Waals surface area contributed by atoms with Crippen molar-refractivity contribution in [2.24, 2.45) is 0 Å². The van der Waals surface area contributed by atoms with Crippen LogP contribution in [-0.2, 0) is 11.3 Å². The van der Waals surface area contributed by atoms with Gasteiger partial charge in [-0.25, -0.2) is 0 Å². The number of likely N-dealkylation sites (tertiary alicyclic amines) is 1. The fourth-order valence-corrected chi connectivity index (χ4v) is 4.16. The minimum absolute atomic E-state index is 0.00137. The first-order valence-corrected chi connectivity index (χ1v) is 10.6. The van der Waals surface area contributed by atoms with Gasteiger partial charge < -0.3 is 19.3 Å². The molecule has 0 spiro atoms. The van der Waals surface area contributed by atoms with E-state index in [0.29, 0.717) is 17.9 Å². The van der Waals surface area contributed by atoms with E-state index in [1.54, 1.807) is 13.0 Å². The quantitative estimate of drug-likeness (QED) is 0.664. The largest absolute Gasteiger partial charge is 0.360 e. The second-order valence-electron chi connectivity index (χ2n) is 8.27. The molecule has 8 nitrogen and oxygen atoms in total. The summed E-state index contributed by atoms with van der Waals surface area (Å²) in [5.74, 6) is 0.268. The molecular weight excluding hydrogens is 408 g/mol. The third-order valence-electron chi connectivity index (χ3n) is 5.75. The van der Waals surface area contributed by atoms with Crippen LogP contribution in [0.5, 0.6) is 0 Å². The molecule has 3 heterocycles. The van der Waals surface area contributed by atoms with E-state index in [-0.39, 0.29) is 29.9 Å². The molecule has 8 heteroatoms. The van der Waals surface area contributed by atoms with E-state index in [9.17, 15) is 14.4 Å². The third kappa shape index (κ3) is 4.49. The predicted molar refractivity (Wildman–Crippen MR) is 119 cm³/mol. The molecule has 1 N–H and O–H groups in total. The number of carbonyl (C=O) groups excluding carboxylic acids is 2. The SMILES string of the molecule is Cc1ccc(C)c([C@H]2CCCN2C(=O)c2ccc(=O)n(CC(=O)Nc3cc(C)on3)c2)c1. The summed E-state index contributed by atoms with van der Waals surface area (Å²) in [6.07, 6.45) is 3.27. The molecule has 3 aromatic rings. The lowest BCUT2D eigenvalue weighted by atomic mass is 9.97. The standard InChI is InChI=1S/C24H26N4O4/c1-15-6-7-16(2)19(11-15)20-5-4-10-28(20)24(31)18-8-9-23(30)27(13-18)14-22(29)25-21-12-17(3)32-26-21/h6-9,11-13,20H,4-5,10,14H2,1-3H3,(H,25,26,29)/t20-/m1/s1. The van der Waals surface area contributed by atoms with Crippen LogP contribution in [0.1, 0.15) is 51.7 Å². The van der Waals surface area contributed by atoms with Gasteiger partial charge in [0.05, 0.1) is 11.6 Å². The summed E-state index contributed by atoms with van der Waals surface area (Å²) in [4.78, 5) is 39.9. The van der Waals surface area contributed by atoms with Crippen LogP contribution in [0.3, 0.4) is 0 Å². The van der Waals surface area contributed by atoms with Gasteiger partial charge >= 0.3 is 0 Å². The van der Waals surface area contributed by atoms with Crippen LogP contribution >= 0.6 is 0 Å². The topological polar surface area (TPSA) is 97.4 Å². The number of nitrogens with zero attached hydrogens (tertiary/aromatic N) is 3. The fraction of sp³-hybridized carbons (Fsp3) is 0.333. The summed E-state index contributed by atoms with van der Waals surface area (Å²) >= 11 is 0. The van der Waals surface area contributed by atoms with Crippen molar-refractivity contribution < 1.29 is 14.1 Å². The van der Waals surface area contributed by atoms with Gasteiger partial charge in [-0.2, -0.15) is 0 Å². The molecule has 0 radical (unpaired) electrons. The Labute approximate surface area is 185 Å². The maximum absolute atomic E-state index is 13.4. The molecule has 1 aromatic carbocycles. The van der Waals surface area contributed by atoms with Crippen molar-refractivity contribution in [3.63, 3.8) is 0 Å². The van der Waals surface area contributed by atoms with Crippen molar-refractivity contribution >= 4 is 17.6 Å².